The Bertz CT molecular complexity index is 428. The Morgan fingerprint density at radius 3 is 2.62 bits per heavy atom. The number of rotatable bonds is 6. The molecule has 1 rings (SSSR count). The fourth-order valence-electron chi connectivity index (χ4n) is 1.55. The molecule has 0 saturated carbocycles. The van der Waals surface area contributed by atoms with Gasteiger partial charge in [-0.3, -0.25) is 0 Å². The van der Waals surface area contributed by atoms with Crippen LogP contribution in [0.25, 0.3) is 0 Å². The largest absolute Gasteiger partial charge is 0.313 e. The molecule has 0 aliphatic rings. The lowest BCUT2D eigenvalue weighted by Crippen LogP contribution is -2.36. The molecule has 0 aliphatic heterocycles. The van der Waals surface area contributed by atoms with Crippen LogP contribution in [0.1, 0.15) is 11.8 Å². The van der Waals surface area contributed by atoms with Crippen molar-refractivity contribution in [1.82, 2.24) is 5.32 Å². The predicted octanol–water partition coefficient (Wildman–Crippen LogP) is 2.08. The van der Waals surface area contributed by atoms with E-state index >= 15 is 0 Å². The van der Waals surface area contributed by atoms with E-state index in [2.05, 4.69) is 21.2 Å². The summed E-state index contributed by atoms with van der Waals surface area (Å²) < 4.78 is 23.6. The number of hydrogen-bond donors (Lipinski definition) is 1. The third kappa shape index (κ3) is 5.43. The summed E-state index contributed by atoms with van der Waals surface area (Å²) in [4.78, 5) is 1.20. The lowest BCUT2D eigenvalue weighted by Gasteiger charge is -2.15. The van der Waals surface area contributed by atoms with Gasteiger partial charge in [0, 0.05) is 17.2 Å². The second-order valence-corrected chi connectivity index (χ2v) is 8.49. The van der Waals surface area contributed by atoms with Crippen molar-refractivity contribution in [3.63, 3.8) is 0 Å². The fraction of sp³-hybridized carbons (Fsp3) is 0.600. The second kappa shape index (κ2) is 6.14. The Morgan fingerprint density at radius 1 is 1.50 bits per heavy atom. The van der Waals surface area contributed by atoms with Crippen LogP contribution in [-0.4, -0.2) is 33.0 Å². The Kier molecular flexibility index (Phi) is 5.43. The molecule has 0 aliphatic carbocycles. The zero-order valence-electron chi connectivity index (χ0n) is 9.36. The quantitative estimate of drug-likeness (QED) is 0.871. The van der Waals surface area contributed by atoms with Gasteiger partial charge in [-0.15, -0.1) is 11.3 Å². The van der Waals surface area contributed by atoms with Crippen LogP contribution in [0.3, 0.4) is 0 Å². The third-order valence-electron chi connectivity index (χ3n) is 2.07. The molecule has 1 aromatic rings. The number of nitrogens with one attached hydrogen (secondary N) is 1. The molecule has 1 aromatic heterocycles. The van der Waals surface area contributed by atoms with Crippen LogP contribution in [0.15, 0.2) is 15.9 Å². The lowest BCUT2D eigenvalue weighted by molar-refractivity contribution is 0.547. The number of sulfone groups is 1. The van der Waals surface area contributed by atoms with E-state index in [1.165, 1.54) is 11.1 Å². The maximum atomic E-state index is 11.3. The van der Waals surface area contributed by atoms with Gasteiger partial charge < -0.3 is 5.32 Å². The summed E-state index contributed by atoms with van der Waals surface area (Å²) >= 11 is 5.05. The molecule has 92 valence electrons. The molecule has 0 aromatic carbocycles. The Morgan fingerprint density at radius 2 is 2.19 bits per heavy atom. The van der Waals surface area contributed by atoms with Crippen LogP contribution >= 0.6 is 27.3 Å². The minimum Gasteiger partial charge on any atom is -0.313 e. The van der Waals surface area contributed by atoms with Gasteiger partial charge in [-0.05, 0) is 41.0 Å². The highest BCUT2D eigenvalue weighted by Gasteiger charge is 2.15. The van der Waals surface area contributed by atoms with Gasteiger partial charge in [-0.1, -0.05) is 6.92 Å². The minimum atomic E-state index is -2.93. The van der Waals surface area contributed by atoms with Crippen LogP contribution in [-0.2, 0) is 16.3 Å². The highest BCUT2D eigenvalue weighted by atomic mass is 79.9. The minimum absolute atomic E-state index is 0.00514. The van der Waals surface area contributed by atoms with Crippen LogP contribution in [0, 0.1) is 0 Å². The average Bonchev–Trinajstić information content (AvgIpc) is 2.48. The molecule has 16 heavy (non-hydrogen) atoms. The van der Waals surface area contributed by atoms with E-state index in [-0.39, 0.29) is 11.8 Å². The molecule has 1 atom stereocenters. The molecule has 6 heteroatoms. The number of halogens is 1. The number of likely N-dealkylation sites (N-methyl/N-ethyl adjacent to an activating group) is 1. The zero-order valence-corrected chi connectivity index (χ0v) is 12.6. The summed E-state index contributed by atoms with van der Waals surface area (Å²) in [6.45, 7) is 2.77. The van der Waals surface area contributed by atoms with Crippen molar-refractivity contribution < 1.29 is 8.42 Å². The van der Waals surface area contributed by atoms with Gasteiger partial charge in [-0.2, -0.15) is 0 Å². The van der Waals surface area contributed by atoms with Crippen molar-refractivity contribution in [1.29, 1.82) is 0 Å². The molecular formula is C10H16BrNO2S2. The van der Waals surface area contributed by atoms with Crippen molar-refractivity contribution >= 4 is 37.1 Å². The normalized spacial score (nSPS) is 13.9. The van der Waals surface area contributed by atoms with E-state index in [9.17, 15) is 8.42 Å². The third-order valence-corrected chi connectivity index (χ3v) is 4.73. The molecule has 0 radical (unpaired) electrons. The first-order chi connectivity index (χ1) is 7.40. The smallest absolute Gasteiger partial charge is 0.148 e. The van der Waals surface area contributed by atoms with Crippen LogP contribution in [0.4, 0.5) is 0 Å². The van der Waals surface area contributed by atoms with Crippen molar-refractivity contribution in [2.24, 2.45) is 0 Å². The number of hydrogen-bond acceptors (Lipinski definition) is 4. The van der Waals surface area contributed by atoms with Gasteiger partial charge in [0.15, 0.2) is 0 Å². The highest BCUT2D eigenvalue weighted by Crippen LogP contribution is 2.23. The Hall–Kier alpha value is 0.0900. The van der Waals surface area contributed by atoms with Gasteiger partial charge in [0.25, 0.3) is 0 Å². The van der Waals surface area contributed by atoms with Crippen LogP contribution in [0.5, 0.6) is 0 Å². The molecule has 0 fully saturated rings. The number of thiophene rings is 1. The maximum Gasteiger partial charge on any atom is 0.148 e. The molecule has 0 saturated heterocycles. The van der Waals surface area contributed by atoms with Crippen molar-refractivity contribution in [3.05, 3.63) is 20.8 Å². The van der Waals surface area contributed by atoms with Gasteiger partial charge in [0.1, 0.15) is 9.84 Å². The second-order valence-electron chi connectivity index (χ2n) is 3.76. The van der Waals surface area contributed by atoms with Crippen molar-refractivity contribution in [3.8, 4) is 0 Å². The summed E-state index contributed by atoms with van der Waals surface area (Å²) in [5.74, 6) is 0.191. The summed E-state index contributed by atoms with van der Waals surface area (Å²) in [5.41, 5.74) is 0. The van der Waals surface area contributed by atoms with E-state index in [4.69, 9.17) is 0 Å². The molecule has 0 amide bonds. The summed E-state index contributed by atoms with van der Waals surface area (Å²) in [7, 11) is -2.93. The van der Waals surface area contributed by atoms with Crippen molar-refractivity contribution in [2.45, 2.75) is 19.4 Å². The van der Waals surface area contributed by atoms with Gasteiger partial charge in [0.2, 0.25) is 0 Å². The maximum absolute atomic E-state index is 11.3. The SMILES string of the molecule is CCNC(Cc1ccc(Br)s1)CS(C)(=O)=O. The monoisotopic (exact) mass is 325 g/mol. The molecule has 1 N–H and O–H groups in total. The summed E-state index contributed by atoms with van der Waals surface area (Å²) in [6, 6.07) is 4.02. The van der Waals surface area contributed by atoms with E-state index < -0.39 is 9.84 Å². The molecule has 3 nitrogen and oxygen atoms in total. The van der Waals surface area contributed by atoms with Crippen molar-refractivity contribution in [2.75, 3.05) is 18.6 Å². The average molecular weight is 326 g/mol. The van der Waals surface area contributed by atoms with Gasteiger partial charge in [0.05, 0.1) is 9.54 Å². The Balaban J connectivity index is 2.64. The van der Waals surface area contributed by atoms with Crippen LogP contribution in [0.2, 0.25) is 0 Å². The first-order valence-corrected chi connectivity index (χ1v) is 8.73. The molecule has 1 unspecified atom stereocenters. The molecule has 0 bridgehead atoms. The van der Waals surface area contributed by atoms with E-state index in [1.807, 2.05) is 19.1 Å². The zero-order chi connectivity index (χ0) is 12.2. The lowest BCUT2D eigenvalue weighted by atomic mass is 10.2. The van der Waals surface area contributed by atoms with Gasteiger partial charge in [-0.25, -0.2) is 8.42 Å². The molecule has 1 heterocycles. The topological polar surface area (TPSA) is 46.2 Å². The summed E-state index contributed by atoms with van der Waals surface area (Å²) in [6.07, 6.45) is 2.04. The highest BCUT2D eigenvalue weighted by molar-refractivity contribution is 9.11. The first kappa shape index (κ1) is 14.2. The predicted molar refractivity (Wildman–Crippen MR) is 72.9 cm³/mol. The van der Waals surface area contributed by atoms with E-state index in [1.54, 1.807) is 11.3 Å². The fourth-order valence-corrected chi connectivity index (χ4v) is 4.08. The van der Waals surface area contributed by atoms with Crippen LogP contribution < -0.4 is 5.32 Å². The van der Waals surface area contributed by atoms with E-state index in [0.717, 1.165) is 16.8 Å². The Labute approximate surface area is 109 Å². The standard InChI is InChI=1S/C10H16BrNO2S2/c1-3-12-8(7-16(2,13)14)6-9-4-5-10(11)15-9/h4-5,8,12H,3,6-7H2,1-2H3. The molecule has 0 spiro atoms. The van der Waals surface area contributed by atoms with Gasteiger partial charge >= 0.3 is 0 Å². The first-order valence-electron chi connectivity index (χ1n) is 5.06. The summed E-state index contributed by atoms with van der Waals surface area (Å²) in [5, 5.41) is 3.21. The molecular weight excluding hydrogens is 310 g/mol. The van der Waals surface area contributed by atoms with E-state index in [0.29, 0.717) is 0 Å².